The van der Waals surface area contributed by atoms with E-state index in [1.807, 2.05) is 24.3 Å². The Balaban J connectivity index is 1.90. The average molecular weight is 250 g/mol. The van der Waals surface area contributed by atoms with Crippen LogP contribution in [0.4, 0.5) is 0 Å². The number of nitrogens with two attached hydrogens (primary N) is 1. The van der Waals surface area contributed by atoms with Gasteiger partial charge in [-0.2, -0.15) is 0 Å². The molecule has 1 unspecified atom stereocenters. The highest BCUT2D eigenvalue weighted by Crippen LogP contribution is 2.20. The largest absolute Gasteiger partial charge is 0.490 e. The van der Waals surface area contributed by atoms with Gasteiger partial charge in [0.15, 0.2) is 0 Å². The van der Waals surface area contributed by atoms with Crippen molar-refractivity contribution in [1.29, 1.82) is 0 Å². The van der Waals surface area contributed by atoms with Gasteiger partial charge in [-0.15, -0.1) is 0 Å². The molecule has 4 nitrogen and oxygen atoms in total. The molecule has 3 N–H and O–H groups in total. The number of piperidine rings is 1. The van der Waals surface area contributed by atoms with Crippen LogP contribution < -0.4 is 10.5 Å². The summed E-state index contributed by atoms with van der Waals surface area (Å²) in [4.78, 5) is 2.32. The molecule has 1 saturated heterocycles. The van der Waals surface area contributed by atoms with Crippen LogP contribution in [0.1, 0.15) is 24.4 Å². The average Bonchev–Trinajstić information content (AvgIpc) is 2.41. The van der Waals surface area contributed by atoms with E-state index in [-0.39, 0.29) is 12.6 Å². The molecule has 0 saturated carbocycles. The molecule has 18 heavy (non-hydrogen) atoms. The standard InChI is InChI=1S/C14H22N2O2/c1-16-8-6-13(7-9-16)18-12-4-2-11(3-5-12)14(15)10-17/h2-5,13-14,17H,6-10,15H2,1H3. The van der Waals surface area contributed by atoms with Crippen LogP contribution in [0.25, 0.3) is 0 Å². The molecule has 1 aromatic rings. The van der Waals surface area contributed by atoms with E-state index in [9.17, 15) is 0 Å². The van der Waals surface area contributed by atoms with Crippen molar-refractivity contribution < 1.29 is 9.84 Å². The van der Waals surface area contributed by atoms with Gasteiger partial charge >= 0.3 is 0 Å². The van der Waals surface area contributed by atoms with Gasteiger partial charge in [0.25, 0.3) is 0 Å². The van der Waals surface area contributed by atoms with E-state index in [4.69, 9.17) is 15.6 Å². The molecule has 1 aromatic carbocycles. The number of nitrogens with zero attached hydrogens (tertiary/aromatic N) is 1. The van der Waals surface area contributed by atoms with Crippen molar-refractivity contribution in [3.05, 3.63) is 29.8 Å². The van der Waals surface area contributed by atoms with E-state index in [0.717, 1.165) is 37.2 Å². The molecule has 2 rings (SSSR count). The van der Waals surface area contributed by atoms with Crippen LogP contribution in [0.2, 0.25) is 0 Å². The molecule has 1 aliphatic rings. The van der Waals surface area contributed by atoms with Crippen molar-refractivity contribution in [2.45, 2.75) is 25.0 Å². The van der Waals surface area contributed by atoms with Crippen LogP contribution in [0, 0.1) is 0 Å². The number of hydrogen-bond donors (Lipinski definition) is 2. The zero-order valence-corrected chi connectivity index (χ0v) is 10.9. The molecular weight excluding hydrogens is 228 g/mol. The highest BCUT2D eigenvalue weighted by atomic mass is 16.5. The fraction of sp³-hybridized carbons (Fsp3) is 0.571. The Morgan fingerprint density at radius 1 is 1.33 bits per heavy atom. The van der Waals surface area contributed by atoms with Gasteiger partial charge in [-0.25, -0.2) is 0 Å². The van der Waals surface area contributed by atoms with Crippen molar-refractivity contribution >= 4 is 0 Å². The van der Waals surface area contributed by atoms with E-state index >= 15 is 0 Å². The third kappa shape index (κ3) is 3.45. The third-order valence-corrected chi connectivity index (χ3v) is 3.47. The molecule has 1 fully saturated rings. The number of hydrogen-bond acceptors (Lipinski definition) is 4. The predicted octanol–water partition coefficient (Wildman–Crippen LogP) is 1.15. The second-order valence-electron chi connectivity index (χ2n) is 4.98. The zero-order valence-electron chi connectivity index (χ0n) is 10.9. The molecule has 1 heterocycles. The maximum absolute atomic E-state index is 8.98. The Labute approximate surface area is 108 Å². The summed E-state index contributed by atoms with van der Waals surface area (Å²) in [6.07, 6.45) is 2.47. The molecular formula is C14H22N2O2. The molecule has 0 spiro atoms. The van der Waals surface area contributed by atoms with E-state index in [0.29, 0.717) is 6.10 Å². The monoisotopic (exact) mass is 250 g/mol. The summed E-state index contributed by atoms with van der Waals surface area (Å²) in [6, 6.07) is 7.41. The van der Waals surface area contributed by atoms with Crippen LogP contribution in [0.15, 0.2) is 24.3 Å². The van der Waals surface area contributed by atoms with Crippen molar-refractivity contribution in [2.24, 2.45) is 5.73 Å². The normalized spacial score (nSPS) is 19.7. The maximum atomic E-state index is 8.98. The quantitative estimate of drug-likeness (QED) is 0.841. The first-order valence-electron chi connectivity index (χ1n) is 6.50. The minimum atomic E-state index is -0.303. The Morgan fingerprint density at radius 3 is 2.50 bits per heavy atom. The summed E-state index contributed by atoms with van der Waals surface area (Å²) >= 11 is 0. The van der Waals surface area contributed by atoms with Crippen LogP contribution in [0.3, 0.4) is 0 Å². The van der Waals surface area contributed by atoms with Crippen molar-refractivity contribution in [3.63, 3.8) is 0 Å². The first-order valence-corrected chi connectivity index (χ1v) is 6.50. The summed E-state index contributed by atoms with van der Waals surface area (Å²) < 4.78 is 5.94. The van der Waals surface area contributed by atoms with Crippen LogP contribution in [-0.2, 0) is 0 Å². The number of rotatable bonds is 4. The second kappa shape index (κ2) is 6.18. The smallest absolute Gasteiger partial charge is 0.119 e. The Morgan fingerprint density at radius 2 is 1.94 bits per heavy atom. The first kappa shape index (κ1) is 13.3. The fourth-order valence-corrected chi connectivity index (χ4v) is 2.19. The molecule has 0 amide bonds. The Hall–Kier alpha value is -1.10. The van der Waals surface area contributed by atoms with Crippen LogP contribution in [0.5, 0.6) is 5.75 Å². The summed E-state index contributed by atoms with van der Waals surface area (Å²) in [5.74, 6) is 0.887. The molecule has 0 aromatic heterocycles. The number of likely N-dealkylation sites (tertiary alicyclic amines) is 1. The molecule has 100 valence electrons. The minimum Gasteiger partial charge on any atom is -0.490 e. The van der Waals surface area contributed by atoms with Gasteiger partial charge in [0.1, 0.15) is 11.9 Å². The van der Waals surface area contributed by atoms with Crippen LogP contribution in [-0.4, -0.2) is 42.9 Å². The third-order valence-electron chi connectivity index (χ3n) is 3.47. The SMILES string of the molecule is CN1CCC(Oc2ccc(C(N)CO)cc2)CC1. The van der Waals surface area contributed by atoms with E-state index < -0.39 is 0 Å². The summed E-state index contributed by atoms with van der Waals surface area (Å²) in [5, 5.41) is 8.98. The highest BCUT2D eigenvalue weighted by Gasteiger charge is 2.17. The van der Waals surface area contributed by atoms with E-state index in [2.05, 4.69) is 11.9 Å². The lowest BCUT2D eigenvalue weighted by molar-refractivity contribution is 0.114. The Bertz CT molecular complexity index is 359. The number of ether oxygens (including phenoxy) is 1. The van der Waals surface area contributed by atoms with Gasteiger partial charge in [-0.05, 0) is 37.6 Å². The van der Waals surface area contributed by atoms with Crippen molar-refractivity contribution in [3.8, 4) is 5.75 Å². The van der Waals surface area contributed by atoms with Gasteiger partial charge in [0.2, 0.25) is 0 Å². The lowest BCUT2D eigenvalue weighted by Gasteiger charge is -2.29. The molecule has 1 atom stereocenters. The first-order chi connectivity index (χ1) is 8.69. The topological polar surface area (TPSA) is 58.7 Å². The number of aliphatic hydroxyl groups excluding tert-OH is 1. The van der Waals surface area contributed by atoms with Crippen LogP contribution >= 0.6 is 0 Å². The van der Waals surface area contributed by atoms with Crippen molar-refractivity contribution in [1.82, 2.24) is 4.90 Å². The van der Waals surface area contributed by atoms with Gasteiger partial charge in [0, 0.05) is 13.1 Å². The predicted molar refractivity (Wildman–Crippen MR) is 71.6 cm³/mol. The van der Waals surface area contributed by atoms with Gasteiger partial charge in [-0.1, -0.05) is 12.1 Å². The van der Waals surface area contributed by atoms with Gasteiger partial charge in [0.05, 0.1) is 12.6 Å². The van der Waals surface area contributed by atoms with E-state index in [1.165, 1.54) is 0 Å². The zero-order chi connectivity index (χ0) is 13.0. The number of aliphatic hydroxyl groups is 1. The minimum absolute atomic E-state index is 0.0326. The molecule has 0 bridgehead atoms. The highest BCUT2D eigenvalue weighted by molar-refractivity contribution is 5.29. The van der Waals surface area contributed by atoms with Gasteiger partial charge in [-0.3, -0.25) is 0 Å². The lowest BCUT2D eigenvalue weighted by Crippen LogP contribution is -2.35. The fourth-order valence-electron chi connectivity index (χ4n) is 2.19. The Kier molecular flexibility index (Phi) is 4.58. The summed E-state index contributed by atoms with van der Waals surface area (Å²) in [5.41, 5.74) is 6.69. The summed E-state index contributed by atoms with van der Waals surface area (Å²) in [7, 11) is 2.14. The molecule has 4 heteroatoms. The number of benzene rings is 1. The lowest BCUT2D eigenvalue weighted by atomic mass is 10.1. The molecule has 0 aliphatic carbocycles. The molecule has 1 aliphatic heterocycles. The van der Waals surface area contributed by atoms with Crippen molar-refractivity contribution in [2.75, 3.05) is 26.7 Å². The maximum Gasteiger partial charge on any atom is 0.119 e. The second-order valence-corrected chi connectivity index (χ2v) is 4.98. The molecule has 0 radical (unpaired) electrons. The summed E-state index contributed by atoms with van der Waals surface area (Å²) in [6.45, 7) is 2.16. The van der Waals surface area contributed by atoms with E-state index in [1.54, 1.807) is 0 Å². The van der Waals surface area contributed by atoms with Gasteiger partial charge < -0.3 is 20.5 Å².